The summed E-state index contributed by atoms with van der Waals surface area (Å²) >= 11 is 11.9. The first-order chi connectivity index (χ1) is 10.1. The van der Waals surface area contributed by atoms with Crippen LogP contribution < -0.4 is 0 Å². The molecule has 21 heavy (non-hydrogen) atoms. The molecule has 0 aliphatic carbocycles. The zero-order valence-electron chi connectivity index (χ0n) is 12.8. The van der Waals surface area contributed by atoms with Crippen molar-refractivity contribution in [1.82, 2.24) is 0 Å². The topological polar surface area (TPSA) is 26.3 Å². The van der Waals surface area contributed by atoms with Crippen LogP contribution in [-0.4, -0.2) is 12.1 Å². The lowest BCUT2D eigenvalue weighted by atomic mass is 10.1. The van der Waals surface area contributed by atoms with Gasteiger partial charge in [0.15, 0.2) is 0 Å². The number of hydrogen-bond acceptors (Lipinski definition) is 2. The van der Waals surface area contributed by atoms with E-state index in [9.17, 15) is 4.79 Å². The Balaban J connectivity index is 2.60. The molecule has 0 saturated heterocycles. The fourth-order valence-electron chi connectivity index (χ4n) is 2.25. The Kier molecular flexibility index (Phi) is 8.79. The van der Waals surface area contributed by atoms with Crippen LogP contribution in [0.4, 0.5) is 0 Å². The molecule has 0 fully saturated rings. The van der Waals surface area contributed by atoms with Gasteiger partial charge >= 0.3 is 5.97 Å². The van der Waals surface area contributed by atoms with Crippen molar-refractivity contribution in [3.8, 4) is 0 Å². The molecule has 1 atom stereocenters. The van der Waals surface area contributed by atoms with Gasteiger partial charge < -0.3 is 4.74 Å². The fourth-order valence-corrected chi connectivity index (χ4v) is 2.62. The summed E-state index contributed by atoms with van der Waals surface area (Å²) in [6, 6.07) is 4.85. The largest absolute Gasteiger partial charge is 0.459 e. The van der Waals surface area contributed by atoms with Gasteiger partial charge in [-0.05, 0) is 37.5 Å². The van der Waals surface area contributed by atoms with Gasteiger partial charge in [-0.25, -0.2) is 4.79 Å². The summed E-state index contributed by atoms with van der Waals surface area (Å²) in [6.45, 7) is 4.28. The van der Waals surface area contributed by atoms with Crippen molar-refractivity contribution >= 4 is 29.2 Å². The molecule has 0 spiro atoms. The molecule has 118 valence electrons. The summed E-state index contributed by atoms with van der Waals surface area (Å²) in [7, 11) is 0. The molecule has 0 radical (unpaired) electrons. The number of rotatable bonds is 9. The van der Waals surface area contributed by atoms with Crippen molar-refractivity contribution in [1.29, 1.82) is 0 Å². The highest BCUT2D eigenvalue weighted by molar-refractivity contribution is 6.35. The van der Waals surface area contributed by atoms with Crippen LogP contribution >= 0.6 is 23.2 Å². The summed E-state index contributed by atoms with van der Waals surface area (Å²) in [5.41, 5.74) is 0.346. The van der Waals surface area contributed by atoms with E-state index in [1.807, 2.05) is 0 Å². The van der Waals surface area contributed by atoms with Gasteiger partial charge in [-0.15, -0.1) is 0 Å². The van der Waals surface area contributed by atoms with Crippen LogP contribution in [-0.2, 0) is 4.74 Å². The third-order valence-electron chi connectivity index (χ3n) is 3.41. The standard InChI is InChI=1S/C17H24Cl2O2/c1-3-5-6-7-9-14(8-4-2)21-17(20)15-12-13(18)10-11-16(15)19/h10-12,14H,3-9H2,1-2H3. The van der Waals surface area contributed by atoms with Gasteiger partial charge in [0, 0.05) is 5.02 Å². The molecule has 0 aliphatic rings. The van der Waals surface area contributed by atoms with E-state index in [4.69, 9.17) is 27.9 Å². The number of unbranched alkanes of at least 4 members (excludes halogenated alkanes) is 3. The highest BCUT2D eigenvalue weighted by atomic mass is 35.5. The molecule has 0 bridgehead atoms. The molecule has 1 aromatic carbocycles. The molecule has 1 aromatic rings. The summed E-state index contributed by atoms with van der Waals surface area (Å²) in [4.78, 5) is 12.2. The van der Waals surface area contributed by atoms with Gasteiger partial charge in [0.05, 0.1) is 10.6 Å². The first-order valence-corrected chi connectivity index (χ1v) is 8.50. The Hall–Kier alpha value is -0.730. The number of carbonyl (C=O) groups excluding carboxylic acids is 1. The van der Waals surface area contributed by atoms with Crippen LogP contribution in [0.5, 0.6) is 0 Å². The third-order valence-corrected chi connectivity index (χ3v) is 3.98. The van der Waals surface area contributed by atoms with E-state index in [1.54, 1.807) is 18.2 Å². The monoisotopic (exact) mass is 330 g/mol. The second kappa shape index (κ2) is 10.1. The highest BCUT2D eigenvalue weighted by Crippen LogP contribution is 2.23. The molecular formula is C17H24Cl2O2. The van der Waals surface area contributed by atoms with Crippen LogP contribution in [0.25, 0.3) is 0 Å². The smallest absolute Gasteiger partial charge is 0.339 e. The number of ether oxygens (including phenoxy) is 1. The maximum absolute atomic E-state index is 12.2. The van der Waals surface area contributed by atoms with E-state index in [0.717, 1.165) is 25.7 Å². The Morgan fingerprint density at radius 2 is 1.86 bits per heavy atom. The normalized spacial score (nSPS) is 12.2. The van der Waals surface area contributed by atoms with Crippen molar-refractivity contribution in [2.75, 3.05) is 0 Å². The molecule has 0 saturated carbocycles. The molecule has 0 aliphatic heterocycles. The Morgan fingerprint density at radius 1 is 1.10 bits per heavy atom. The lowest BCUT2D eigenvalue weighted by Crippen LogP contribution is -2.18. The molecule has 1 rings (SSSR count). The Labute approximate surface area is 137 Å². The van der Waals surface area contributed by atoms with E-state index in [0.29, 0.717) is 15.6 Å². The molecule has 0 heterocycles. The van der Waals surface area contributed by atoms with Gasteiger partial charge in [-0.3, -0.25) is 0 Å². The van der Waals surface area contributed by atoms with Crippen molar-refractivity contribution < 1.29 is 9.53 Å². The van der Waals surface area contributed by atoms with Crippen LogP contribution in [0.15, 0.2) is 18.2 Å². The Morgan fingerprint density at radius 3 is 2.52 bits per heavy atom. The average molecular weight is 331 g/mol. The maximum Gasteiger partial charge on any atom is 0.339 e. The molecule has 1 unspecified atom stereocenters. The van der Waals surface area contributed by atoms with E-state index >= 15 is 0 Å². The summed E-state index contributed by atoms with van der Waals surface area (Å²) in [5, 5.41) is 0.868. The van der Waals surface area contributed by atoms with E-state index in [2.05, 4.69) is 13.8 Å². The van der Waals surface area contributed by atoms with Crippen molar-refractivity contribution in [2.45, 2.75) is 64.9 Å². The number of halogens is 2. The van der Waals surface area contributed by atoms with E-state index < -0.39 is 0 Å². The first kappa shape index (κ1) is 18.3. The quantitative estimate of drug-likeness (QED) is 0.393. The second-order valence-corrected chi connectivity index (χ2v) is 6.13. The Bertz CT molecular complexity index is 446. The van der Waals surface area contributed by atoms with Gasteiger partial charge in [-0.2, -0.15) is 0 Å². The minimum atomic E-state index is -0.378. The average Bonchev–Trinajstić information content (AvgIpc) is 2.46. The lowest BCUT2D eigenvalue weighted by molar-refractivity contribution is 0.0254. The van der Waals surface area contributed by atoms with Gasteiger partial charge in [0.25, 0.3) is 0 Å². The number of benzene rings is 1. The zero-order chi connectivity index (χ0) is 15.7. The van der Waals surface area contributed by atoms with Crippen molar-refractivity contribution in [2.24, 2.45) is 0 Å². The van der Waals surface area contributed by atoms with E-state index in [1.165, 1.54) is 19.3 Å². The lowest BCUT2D eigenvalue weighted by Gasteiger charge is -2.17. The molecule has 0 N–H and O–H groups in total. The maximum atomic E-state index is 12.2. The minimum Gasteiger partial charge on any atom is -0.459 e. The predicted molar refractivity (Wildman–Crippen MR) is 89.3 cm³/mol. The van der Waals surface area contributed by atoms with Crippen LogP contribution in [0.1, 0.15) is 69.2 Å². The molecule has 4 heteroatoms. The van der Waals surface area contributed by atoms with Crippen LogP contribution in [0.2, 0.25) is 10.0 Å². The molecule has 0 aromatic heterocycles. The van der Waals surface area contributed by atoms with Gasteiger partial charge in [0.1, 0.15) is 6.10 Å². The van der Waals surface area contributed by atoms with Crippen molar-refractivity contribution in [3.63, 3.8) is 0 Å². The SMILES string of the molecule is CCCCCCC(CCC)OC(=O)c1cc(Cl)ccc1Cl. The summed E-state index contributed by atoms with van der Waals surface area (Å²) in [6.07, 6.45) is 7.47. The number of carbonyl (C=O) groups is 1. The van der Waals surface area contributed by atoms with Gasteiger partial charge in [-0.1, -0.05) is 62.7 Å². The molecule has 2 nitrogen and oxygen atoms in total. The van der Waals surface area contributed by atoms with Crippen LogP contribution in [0, 0.1) is 0 Å². The minimum absolute atomic E-state index is 0.0330. The highest BCUT2D eigenvalue weighted by Gasteiger charge is 2.18. The predicted octanol–water partition coefficient (Wildman–Crippen LogP) is 6.29. The summed E-state index contributed by atoms with van der Waals surface area (Å²) in [5.74, 6) is -0.378. The van der Waals surface area contributed by atoms with Crippen LogP contribution in [0.3, 0.4) is 0 Å². The first-order valence-electron chi connectivity index (χ1n) is 7.74. The van der Waals surface area contributed by atoms with E-state index in [-0.39, 0.29) is 12.1 Å². The van der Waals surface area contributed by atoms with Gasteiger partial charge in [0.2, 0.25) is 0 Å². The number of hydrogen-bond donors (Lipinski definition) is 0. The summed E-state index contributed by atoms with van der Waals surface area (Å²) < 4.78 is 5.61. The molecular weight excluding hydrogens is 307 g/mol. The van der Waals surface area contributed by atoms with Crippen molar-refractivity contribution in [3.05, 3.63) is 33.8 Å². The fraction of sp³-hybridized carbons (Fsp3) is 0.588. The molecule has 0 amide bonds. The second-order valence-electron chi connectivity index (χ2n) is 5.29. The number of esters is 1. The third kappa shape index (κ3) is 6.71. The zero-order valence-corrected chi connectivity index (χ0v) is 14.3.